The van der Waals surface area contributed by atoms with Gasteiger partial charge in [0.15, 0.2) is 0 Å². The van der Waals surface area contributed by atoms with Crippen LogP contribution in [-0.4, -0.2) is 12.5 Å². The van der Waals surface area contributed by atoms with Crippen molar-refractivity contribution in [1.82, 2.24) is 5.32 Å². The molecule has 1 unspecified atom stereocenters. The molecule has 0 heterocycles. The second-order valence-corrected chi connectivity index (χ2v) is 3.61. The summed E-state index contributed by atoms with van der Waals surface area (Å²) in [5.74, 6) is -0.350. The van der Waals surface area contributed by atoms with Gasteiger partial charge < -0.3 is 11.1 Å². The lowest BCUT2D eigenvalue weighted by molar-refractivity contribution is -0.137. The average Bonchev–Trinajstić information content (AvgIpc) is 2.27. The molecule has 1 amide bonds. The Bertz CT molecular complexity index is 387. The van der Waals surface area contributed by atoms with Crippen molar-refractivity contribution in [2.24, 2.45) is 5.73 Å². The minimum atomic E-state index is -4.34. The second-order valence-electron chi connectivity index (χ2n) is 3.61. The van der Waals surface area contributed by atoms with Gasteiger partial charge in [-0.2, -0.15) is 13.2 Å². The van der Waals surface area contributed by atoms with E-state index in [1.54, 1.807) is 6.92 Å². The van der Waals surface area contributed by atoms with E-state index in [0.29, 0.717) is 5.56 Å². The number of carbonyl (C=O) groups is 1. The minimum absolute atomic E-state index is 0.148. The average molecular weight is 246 g/mol. The Kier molecular flexibility index (Phi) is 4.11. The van der Waals surface area contributed by atoms with Crippen LogP contribution in [0.2, 0.25) is 0 Å². The van der Waals surface area contributed by atoms with Gasteiger partial charge in [-0.05, 0) is 24.6 Å². The lowest BCUT2D eigenvalue weighted by atomic mass is 10.1. The number of hydrogen-bond donors (Lipinski definition) is 2. The molecule has 3 N–H and O–H groups in total. The molecular formula is C11H13F3N2O. The molecule has 1 atom stereocenters. The van der Waals surface area contributed by atoms with E-state index in [1.165, 1.54) is 12.1 Å². The van der Waals surface area contributed by atoms with E-state index >= 15 is 0 Å². The summed E-state index contributed by atoms with van der Waals surface area (Å²) >= 11 is 0. The van der Waals surface area contributed by atoms with Crippen molar-refractivity contribution in [3.05, 3.63) is 35.4 Å². The van der Waals surface area contributed by atoms with E-state index in [2.05, 4.69) is 5.32 Å². The van der Waals surface area contributed by atoms with Crippen molar-refractivity contribution >= 4 is 5.91 Å². The van der Waals surface area contributed by atoms with Crippen LogP contribution >= 0.6 is 0 Å². The number of alkyl halides is 3. The van der Waals surface area contributed by atoms with Gasteiger partial charge in [0, 0.05) is 0 Å². The molecule has 0 aromatic heterocycles. The third-order valence-corrected chi connectivity index (χ3v) is 2.30. The summed E-state index contributed by atoms with van der Waals surface area (Å²) in [5, 5.41) is 2.56. The fourth-order valence-corrected chi connectivity index (χ4v) is 1.34. The smallest absolute Gasteiger partial charge is 0.348 e. The molecule has 0 bridgehead atoms. The molecule has 0 aliphatic rings. The number of nitrogens with one attached hydrogen (secondary N) is 1. The SMILES string of the molecule is CC(NC(=O)CN)c1ccc(C(F)(F)F)cc1. The van der Waals surface area contributed by atoms with Crippen molar-refractivity contribution in [2.75, 3.05) is 6.54 Å². The molecule has 1 rings (SSSR count). The zero-order valence-corrected chi connectivity index (χ0v) is 9.21. The molecule has 0 aliphatic carbocycles. The summed E-state index contributed by atoms with van der Waals surface area (Å²) in [5.41, 5.74) is 5.01. The Hall–Kier alpha value is -1.56. The molecule has 0 radical (unpaired) electrons. The zero-order chi connectivity index (χ0) is 13.1. The van der Waals surface area contributed by atoms with Crippen LogP contribution in [0.1, 0.15) is 24.1 Å². The lowest BCUT2D eigenvalue weighted by Crippen LogP contribution is -2.32. The number of hydrogen-bond acceptors (Lipinski definition) is 2. The van der Waals surface area contributed by atoms with E-state index in [4.69, 9.17) is 5.73 Å². The van der Waals surface area contributed by atoms with Crippen LogP contribution in [0, 0.1) is 0 Å². The first-order valence-electron chi connectivity index (χ1n) is 5.01. The van der Waals surface area contributed by atoms with Gasteiger partial charge in [-0.25, -0.2) is 0 Å². The van der Waals surface area contributed by atoms with E-state index in [0.717, 1.165) is 12.1 Å². The maximum absolute atomic E-state index is 12.3. The second kappa shape index (κ2) is 5.18. The highest BCUT2D eigenvalue weighted by atomic mass is 19.4. The van der Waals surface area contributed by atoms with Crippen molar-refractivity contribution in [3.63, 3.8) is 0 Å². The maximum Gasteiger partial charge on any atom is 0.416 e. The summed E-state index contributed by atoms with van der Waals surface area (Å²) in [4.78, 5) is 11.0. The highest BCUT2D eigenvalue weighted by Gasteiger charge is 2.30. The standard InChI is InChI=1S/C11H13F3N2O/c1-7(16-10(17)6-15)8-2-4-9(5-3-8)11(12,13)14/h2-5,7H,6,15H2,1H3,(H,16,17). The first-order chi connectivity index (χ1) is 7.84. The summed E-state index contributed by atoms with van der Waals surface area (Å²) in [6, 6.07) is 4.28. The molecule has 0 saturated carbocycles. The Morgan fingerprint density at radius 1 is 1.35 bits per heavy atom. The predicted octanol–water partition coefficient (Wildman–Crippen LogP) is 1.84. The lowest BCUT2D eigenvalue weighted by Gasteiger charge is -2.14. The Morgan fingerprint density at radius 2 is 1.88 bits per heavy atom. The van der Waals surface area contributed by atoms with Gasteiger partial charge in [0.05, 0.1) is 18.2 Å². The van der Waals surface area contributed by atoms with Gasteiger partial charge in [0.2, 0.25) is 5.91 Å². The van der Waals surface area contributed by atoms with Crippen molar-refractivity contribution in [3.8, 4) is 0 Å². The molecule has 0 aliphatic heterocycles. The first kappa shape index (κ1) is 13.5. The molecule has 17 heavy (non-hydrogen) atoms. The van der Waals surface area contributed by atoms with Crippen LogP contribution in [-0.2, 0) is 11.0 Å². The molecular weight excluding hydrogens is 233 g/mol. The molecule has 0 spiro atoms. The van der Waals surface area contributed by atoms with Crippen LogP contribution < -0.4 is 11.1 Å². The van der Waals surface area contributed by atoms with Crippen LogP contribution in [0.4, 0.5) is 13.2 Å². The Labute approximate surface area is 96.8 Å². The maximum atomic E-state index is 12.3. The molecule has 1 aromatic carbocycles. The third kappa shape index (κ3) is 3.74. The van der Waals surface area contributed by atoms with Crippen LogP contribution in [0.3, 0.4) is 0 Å². The predicted molar refractivity (Wildman–Crippen MR) is 57.1 cm³/mol. The topological polar surface area (TPSA) is 55.1 Å². The molecule has 94 valence electrons. The van der Waals surface area contributed by atoms with Gasteiger partial charge in [0.1, 0.15) is 0 Å². The van der Waals surface area contributed by atoms with Crippen molar-refractivity contribution in [2.45, 2.75) is 19.1 Å². The number of amides is 1. The van der Waals surface area contributed by atoms with E-state index < -0.39 is 11.7 Å². The quantitative estimate of drug-likeness (QED) is 0.855. The van der Waals surface area contributed by atoms with E-state index in [1.807, 2.05) is 0 Å². The van der Waals surface area contributed by atoms with E-state index in [-0.39, 0.29) is 18.5 Å². The molecule has 6 heteroatoms. The van der Waals surface area contributed by atoms with Gasteiger partial charge >= 0.3 is 6.18 Å². The third-order valence-electron chi connectivity index (χ3n) is 2.30. The monoisotopic (exact) mass is 246 g/mol. The molecule has 0 fully saturated rings. The fraction of sp³-hybridized carbons (Fsp3) is 0.364. The highest BCUT2D eigenvalue weighted by molar-refractivity contribution is 5.78. The van der Waals surface area contributed by atoms with Gasteiger partial charge in [0.25, 0.3) is 0 Å². The largest absolute Gasteiger partial charge is 0.416 e. The number of carbonyl (C=O) groups excluding carboxylic acids is 1. The van der Waals surface area contributed by atoms with Crippen LogP contribution in [0.5, 0.6) is 0 Å². The summed E-state index contributed by atoms with van der Waals surface area (Å²) < 4.78 is 36.9. The summed E-state index contributed by atoms with van der Waals surface area (Å²) in [7, 11) is 0. The van der Waals surface area contributed by atoms with Gasteiger partial charge in [-0.1, -0.05) is 12.1 Å². The number of benzene rings is 1. The molecule has 3 nitrogen and oxygen atoms in total. The van der Waals surface area contributed by atoms with E-state index in [9.17, 15) is 18.0 Å². The fourth-order valence-electron chi connectivity index (χ4n) is 1.34. The Balaban J connectivity index is 2.77. The number of halogens is 3. The minimum Gasteiger partial charge on any atom is -0.348 e. The van der Waals surface area contributed by atoms with Gasteiger partial charge in [-0.3, -0.25) is 4.79 Å². The zero-order valence-electron chi connectivity index (χ0n) is 9.21. The molecule has 0 saturated heterocycles. The van der Waals surface area contributed by atoms with Crippen molar-refractivity contribution in [1.29, 1.82) is 0 Å². The van der Waals surface area contributed by atoms with Crippen molar-refractivity contribution < 1.29 is 18.0 Å². The number of nitrogens with two attached hydrogens (primary N) is 1. The van der Waals surface area contributed by atoms with Crippen LogP contribution in [0.15, 0.2) is 24.3 Å². The summed E-state index contributed by atoms with van der Waals surface area (Å²) in [6.45, 7) is 1.53. The molecule has 1 aromatic rings. The summed E-state index contributed by atoms with van der Waals surface area (Å²) in [6.07, 6.45) is -4.34. The Morgan fingerprint density at radius 3 is 2.29 bits per heavy atom. The highest BCUT2D eigenvalue weighted by Crippen LogP contribution is 2.29. The van der Waals surface area contributed by atoms with Crippen LogP contribution in [0.25, 0.3) is 0 Å². The first-order valence-corrected chi connectivity index (χ1v) is 5.01. The normalized spacial score (nSPS) is 13.2. The van der Waals surface area contributed by atoms with Gasteiger partial charge in [-0.15, -0.1) is 0 Å². The number of rotatable bonds is 3.